The van der Waals surface area contributed by atoms with E-state index in [2.05, 4.69) is 43.5 Å². The zero-order chi connectivity index (χ0) is 52.7. The first kappa shape index (κ1) is 70.7. The van der Waals surface area contributed by atoms with Gasteiger partial charge in [-0.05, 0) is 57.8 Å². The monoisotopic (exact) mass is 1030 g/mol. The van der Waals surface area contributed by atoms with Crippen LogP contribution in [0.5, 0.6) is 0 Å². The van der Waals surface area contributed by atoms with Gasteiger partial charge in [-0.2, -0.15) is 0 Å². The van der Waals surface area contributed by atoms with Gasteiger partial charge in [-0.15, -0.1) is 0 Å². The van der Waals surface area contributed by atoms with Gasteiger partial charge in [-0.1, -0.05) is 281 Å². The number of phosphoric ester groups is 1. The molecule has 3 unspecified atom stereocenters. The lowest BCUT2D eigenvalue weighted by atomic mass is 10.0. The molecule has 0 aromatic carbocycles. The van der Waals surface area contributed by atoms with Gasteiger partial charge in [0.1, 0.15) is 13.2 Å². The van der Waals surface area contributed by atoms with Crippen molar-refractivity contribution in [3.8, 4) is 0 Å². The van der Waals surface area contributed by atoms with Crippen molar-refractivity contribution < 1.29 is 32.9 Å². The molecule has 0 aliphatic heterocycles. The molecule has 1 amide bonds. The number of rotatable bonds is 58. The molecular formula is C63H123N2O6P. The van der Waals surface area contributed by atoms with Crippen molar-refractivity contribution in [3.05, 3.63) is 36.5 Å². The lowest BCUT2D eigenvalue weighted by molar-refractivity contribution is -0.870. The fourth-order valence-electron chi connectivity index (χ4n) is 9.40. The number of phosphoric acid groups is 1. The number of likely N-dealkylation sites (N-methyl/N-ethyl adjacent to an activating group) is 1. The molecule has 0 bridgehead atoms. The summed E-state index contributed by atoms with van der Waals surface area (Å²) in [7, 11) is 1.25. The number of unbranched alkanes of at least 4 members (excludes halogenated alkanes) is 41. The number of amides is 1. The highest BCUT2D eigenvalue weighted by Gasteiger charge is 2.23. The molecule has 0 rings (SSSR count). The van der Waals surface area contributed by atoms with Gasteiger partial charge in [0.2, 0.25) is 5.91 Å². The van der Waals surface area contributed by atoms with E-state index < -0.39 is 20.0 Å². The number of allylic oxidation sites excluding steroid dienone is 5. The summed E-state index contributed by atoms with van der Waals surface area (Å²) in [5.41, 5.74) is 0. The van der Waals surface area contributed by atoms with Crippen molar-refractivity contribution in [2.24, 2.45) is 0 Å². The number of hydrogen-bond donors (Lipinski definition) is 2. The number of aliphatic hydroxyl groups is 1. The summed E-state index contributed by atoms with van der Waals surface area (Å²) in [4.78, 5) is 25.5. The van der Waals surface area contributed by atoms with Gasteiger partial charge in [0, 0.05) is 6.42 Å². The number of aliphatic hydroxyl groups excluding tert-OH is 1. The van der Waals surface area contributed by atoms with Crippen molar-refractivity contribution in [1.82, 2.24) is 5.32 Å². The molecule has 72 heavy (non-hydrogen) atoms. The fraction of sp³-hybridized carbons (Fsp3) is 0.889. The van der Waals surface area contributed by atoms with Crippen LogP contribution in [0.1, 0.15) is 309 Å². The van der Waals surface area contributed by atoms with Crippen molar-refractivity contribution >= 4 is 13.7 Å². The maximum atomic E-state index is 13.0. The van der Waals surface area contributed by atoms with Gasteiger partial charge >= 0.3 is 0 Å². The van der Waals surface area contributed by atoms with Crippen LogP contribution in [-0.4, -0.2) is 68.5 Å². The molecule has 0 saturated carbocycles. The second kappa shape index (κ2) is 54.5. The molecule has 0 spiro atoms. The van der Waals surface area contributed by atoms with E-state index in [0.717, 1.165) is 38.5 Å². The largest absolute Gasteiger partial charge is 0.756 e. The van der Waals surface area contributed by atoms with Crippen LogP contribution >= 0.6 is 7.82 Å². The Bertz CT molecular complexity index is 1270. The highest BCUT2D eigenvalue weighted by molar-refractivity contribution is 7.45. The molecule has 0 aromatic rings. The summed E-state index contributed by atoms with van der Waals surface area (Å²) < 4.78 is 23.3. The first-order chi connectivity index (χ1) is 35.0. The van der Waals surface area contributed by atoms with Gasteiger partial charge in [-0.25, -0.2) is 0 Å². The van der Waals surface area contributed by atoms with Crippen LogP contribution < -0.4 is 10.2 Å². The number of nitrogens with zero attached hydrogens (tertiary/aromatic N) is 1. The molecule has 9 heteroatoms. The second-order valence-electron chi connectivity index (χ2n) is 22.8. The average Bonchev–Trinajstić information content (AvgIpc) is 3.34. The summed E-state index contributed by atoms with van der Waals surface area (Å²) in [6.45, 7) is 4.67. The molecule has 3 atom stereocenters. The third-order valence-electron chi connectivity index (χ3n) is 14.3. The number of quaternary nitrogens is 1. The molecular weight excluding hydrogens is 912 g/mol. The lowest BCUT2D eigenvalue weighted by Crippen LogP contribution is -2.45. The molecule has 0 aliphatic rings. The van der Waals surface area contributed by atoms with Crippen LogP contribution in [0.4, 0.5) is 0 Å². The molecule has 0 radical (unpaired) electrons. The summed E-state index contributed by atoms with van der Waals surface area (Å²) in [6.07, 6.45) is 71.1. The Morgan fingerprint density at radius 1 is 0.472 bits per heavy atom. The summed E-state index contributed by atoms with van der Waals surface area (Å²) in [5.74, 6) is -0.202. The predicted octanol–water partition coefficient (Wildman–Crippen LogP) is 18.7. The van der Waals surface area contributed by atoms with Crippen LogP contribution in [0.25, 0.3) is 0 Å². The quantitative estimate of drug-likeness (QED) is 0.0272. The van der Waals surface area contributed by atoms with E-state index in [1.54, 1.807) is 6.08 Å². The molecule has 0 fully saturated rings. The zero-order valence-corrected chi connectivity index (χ0v) is 49.5. The van der Waals surface area contributed by atoms with Gasteiger partial charge in [0.05, 0.1) is 39.9 Å². The first-order valence-electron chi connectivity index (χ1n) is 31.4. The standard InChI is InChI=1S/C63H123N2O6P/c1-6-8-10-12-14-16-18-20-22-24-25-26-27-28-29-30-31-32-33-34-35-36-37-38-39-41-43-45-47-49-51-53-55-57-63(67)64-61(60-71-72(68,69)70-59-58-65(3,4)5)62(66)56-54-52-50-48-46-44-42-40-23-21-19-17-15-13-11-9-7-2/h28-29,46,48,54,56,61-62,66H,6-27,30-45,47,49-53,55,57-60H2,1-5H3,(H-,64,67,68,69)/b29-28-,48-46+,56-54+. The van der Waals surface area contributed by atoms with Crippen LogP contribution in [0.3, 0.4) is 0 Å². The Morgan fingerprint density at radius 3 is 1.12 bits per heavy atom. The normalized spacial score (nSPS) is 14.0. The van der Waals surface area contributed by atoms with E-state index in [-0.39, 0.29) is 19.1 Å². The average molecular weight is 1040 g/mol. The van der Waals surface area contributed by atoms with E-state index in [0.29, 0.717) is 17.4 Å². The van der Waals surface area contributed by atoms with Crippen LogP contribution in [-0.2, 0) is 18.4 Å². The SMILES string of the molecule is CCCCCCCCCCCCC/C=C/CC/C=C/C(O)C(COP(=O)([O-])OCC[N+](C)(C)C)NC(=O)CCCCCCCCCCCCCCCCCCC/C=C\CCCCCCCCCCCCCC. The predicted molar refractivity (Wildman–Crippen MR) is 311 cm³/mol. The Hall–Kier alpha value is -1.28. The van der Waals surface area contributed by atoms with Crippen LogP contribution in [0.15, 0.2) is 36.5 Å². The summed E-state index contributed by atoms with van der Waals surface area (Å²) >= 11 is 0. The van der Waals surface area contributed by atoms with Gasteiger partial charge in [-0.3, -0.25) is 9.36 Å². The van der Waals surface area contributed by atoms with Crippen molar-refractivity contribution in [2.45, 2.75) is 321 Å². The van der Waals surface area contributed by atoms with Gasteiger partial charge in [0.25, 0.3) is 7.82 Å². The number of carbonyl (C=O) groups is 1. The first-order valence-corrected chi connectivity index (χ1v) is 32.8. The highest BCUT2D eigenvalue weighted by atomic mass is 31.2. The lowest BCUT2D eigenvalue weighted by Gasteiger charge is -2.29. The Kier molecular flexibility index (Phi) is 53.5. The maximum Gasteiger partial charge on any atom is 0.268 e. The van der Waals surface area contributed by atoms with Crippen molar-refractivity contribution in [3.63, 3.8) is 0 Å². The minimum absolute atomic E-state index is 0.00494. The third kappa shape index (κ3) is 56.4. The van der Waals surface area contributed by atoms with E-state index in [1.807, 2.05) is 27.2 Å². The Balaban J connectivity index is 4.05. The number of carbonyl (C=O) groups excluding carboxylic acids is 1. The summed E-state index contributed by atoms with van der Waals surface area (Å²) in [6, 6.07) is -0.902. The fourth-order valence-corrected chi connectivity index (χ4v) is 10.1. The van der Waals surface area contributed by atoms with Crippen LogP contribution in [0, 0.1) is 0 Å². The minimum Gasteiger partial charge on any atom is -0.756 e. The minimum atomic E-state index is -4.60. The number of hydrogen-bond acceptors (Lipinski definition) is 6. The Labute approximate surface area is 448 Å². The molecule has 0 saturated heterocycles. The molecule has 0 aliphatic carbocycles. The van der Waals surface area contributed by atoms with Crippen LogP contribution in [0.2, 0.25) is 0 Å². The van der Waals surface area contributed by atoms with E-state index in [9.17, 15) is 19.4 Å². The van der Waals surface area contributed by atoms with E-state index in [4.69, 9.17) is 9.05 Å². The highest BCUT2D eigenvalue weighted by Crippen LogP contribution is 2.38. The van der Waals surface area contributed by atoms with Gasteiger partial charge in [0.15, 0.2) is 0 Å². The molecule has 0 aromatic heterocycles. The zero-order valence-electron chi connectivity index (χ0n) is 48.6. The molecule has 0 heterocycles. The molecule has 2 N–H and O–H groups in total. The van der Waals surface area contributed by atoms with E-state index >= 15 is 0 Å². The summed E-state index contributed by atoms with van der Waals surface area (Å²) in [5, 5.41) is 13.9. The topological polar surface area (TPSA) is 108 Å². The van der Waals surface area contributed by atoms with E-state index in [1.165, 1.54) is 250 Å². The third-order valence-corrected chi connectivity index (χ3v) is 15.3. The van der Waals surface area contributed by atoms with Crippen molar-refractivity contribution in [2.75, 3.05) is 40.9 Å². The van der Waals surface area contributed by atoms with Crippen molar-refractivity contribution in [1.29, 1.82) is 0 Å². The molecule has 426 valence electrons. The van der Waals surface area contributed by atoms with Gasteiger partial charge < -0.3 is 28.8 Å². The maximum absolute atomic E-state index is 13.0. The smallest absolute Gasteiger partial charge is 0.268 e. The molecule has 8 nitrogen and oxygen atoms in total. The second-order valence-corrected chi connectivity index (χ2v) is 24.2. The number of nitrogens with one attached hydrogen (secondary N) is 1. The Morgan fingerprint density at radius 2 is 0.778 bits per heavy atom.